The topological polar surface area (TPSA) is 72.8 Å². The Morgan fingerprint density at radius 3 is 2.42 bits per heavy atom. The summed E-state index contributed by atoms with van der Waals surface area (Å²) >= 11 is 5.95. The average Bonchev–Trinajstić information content (AvgIpc) is 2.92. The SMILES string of the molecule is CC(=O)Nc1ccc(CN2C[C@H](c3ccc(Cl)cc3)[C@@H](O)[C@H]2CO)cc1. The number of hydrogen-bond acceptors (Lipinski definition) is 4. The molecule has 5 nitrogen and oxygen atoms in total. The van der Waals surface area contributed by atoms with Gasteiger partial charge < -0.3 is 15.5 Å². The van der Waals surface area contributed by atoms with Gasteiger partial charge in [-0.2, -0.15) is 0 Å². The van der Waals surface area contributed by atoms with Gasteiger partial charge in [-0.05, 0) is 35.4 Å². The van der Waals surface area contributed by atoms with E-state index >= 15 is 0 Å². The van der Waals surface area contributed by atoms with Crippen molar-refractivity contribution in [2.45, 2.75) is 31.5 Å². The van der Waals surface area contributed by atoms with Crippen LogP contribution >= 0.6 is 11.6 Å². The van der Waals surface area contributed by atoms with Crippen LogP contribution in [0, 0.1) is 0 Å². The molecule has 0 aromatic heterocycles. The summed E-state index contributed by atoms with van der Waals surface area (Å²) in [4.78, 5) is 13.2. The summed E-state index contributed by atoms with van der Waals surface area (Å²) in [6.07, 6.45) is -0.639. The highest BCUT2D eigenvalue weighted by Crippen LogP contribution is 2.33. The number of aliphatic hydroxyl groups is 2. The molecule has 2 aromatic rings. The highest BCUT2D eigenvalue weighted by molar-refractivity contribution is 6.30. The Kier molecular flexibility index (Phi) is 5.94. The van der Waals surface area contributed by atoms with Crippen LogP contribution in [0.3, 0.4) is 0 Å². The Labute approximate surface area is 158 Å². The van der Waals surface area contributed by atoms with Gasteiger partial charge in [-0.15, -0.1) is 0 Å². The number of benzene rings is 2. The molecule has 0 spiro atoms. The molecule has 3 N–H and O–H groups in total. The van der Waals surface area contributed by atoms with Crippen LogP contribution in [-0.2, 0) is 11.3 Å². The molecule has 3 atom stereocenters. The molecule has 0 bridgehead atoms. The molecule has 0 saturated carbocycles. The molecular weight excluding hydrogens is 352 g/mol. The Hall–Kier alpha value is -1.92. The minimum absolute atomic E-state index is 0.0666. The molecule has 1 saturated heterocycles. The van der Waals surface area contributed by atoms with E-state index in [1.807, 2.05) is 48.5 Å². The number of amides is 1. The zero-order valence-corrected chi connectivity index (χ0v) is 15.4. The molecule has 0 radical (unpaired) electrons. The average molecular weight is 375 g/mol. The third-order valence-electron chi connectivity index (χ3n) is 4.85. The first-order chi connectivity index (χ1) is 12.5. The van der Waals surface area contributed by atoms with E-state index < -0.39 is 6.10 Å². The number of anilines is 1. The van der Waals surface area contributed by atoms with Crippen molar-refractivity contribution >= 4 is 23.2 Å². The van der Waals surface area contributed by atoms with E-state index in [4.69, 9.17) is 11.6 Å². The third kappa shape index (κ3) is 4.24. The number of aliphatic hydroxyl groups excluding tert-OH is 2. The molecule has 138 valence electrons. The van der Waals surface area contributed by atoms with Crippen LogP contribution in [0.5, 0.6) is 0 Å². The van der Waals surface area contributed by atoms with Crippen molar-refractivity contribution in [1.82, 2.24) is 4.90 Å². The number of nitrogens with zero attached hydrogens (tertiary/aromatic N) is 1. The summed E-state index contributed by atoms with van der Waals surface area (Å²) in [5, 5.41) is 23.9. The zero-order chi connectivity index (χ0) is 18.7. The van der Waals surface area contributed by atoms with Gasteiger partial charge in [0.15, 0.2) is 0 Å². The van der Waals surface area contributed by atoms with Crippen molar-refractivity contribution in [1.29, 1.82) is 0 Å². The predicted octanol–water partition coefficient (Wildman–Crippen LogP) is 2.62. The first-order valence-corrected chi connectivity index (χ1v) is 9.00. The molecule has 3 rings (SSSR count). The highest BCUT2D eigenvalue weighted by atomic mass is 35.5. The monoisotopic (exact) mass is 374 g/mol. The Morgan fingerprint density at radius 1 is 1.19 bits per heavy atom. The van der Waals surface area contributed by atoms with E-state index in [1.54, 1.807) is 0 Å². The van der Waals surface area contributed by atoms with Crippen molar-refractivity contribution in [2.75, 3.05) is 18.5 Å². The van der Waals surface area contributed by atoms with Crippen LogP contribution in [0.2, 0.25) is 5.02 Å². The van der Waals surface area contributed by atoms with Crippen LogP contribution in [0.4, 0.5) is 5.69 Å². The van der Waals surface area contributed by atoms with Crippen molar-refractivity contribution in [3.8, 4) is 0 Å². The maximum absolute atomic E-state index is 11.1. The van der Waals surface area contributed by atoms with Gasteiger partial charge in [-0.3, -0.25) is 9.69 Å². The Balaban J connectivity index is 1.72. The van der Waals surface area contributed by atoms with Crippen molar-refractivity contribution in [2.24, 2.45) is 0 Å². The van der Waals surface area contributed by atoms with Crippen LogP contribution < -0.4 is 5.32 Å². The number of halogens is 1. The number of carbonyl (C=O) groups is 1. The Morgan fingerprint density at radius 2 is 1.85 bits per heavy atom. The lowest BCUT2D eigenvalue weighted by Gasteiger charge is -2.24. The van der Waals surface area contributed by atoms with E-state index in [1.165, 1.54) is 6.92 Å². The van der Waals surface area contributed by atoms with Gasteiger partial charge in [0.05, 0.1) is 18.8 Å². The third-order valence-corrected chi connectivity index (χ3v) is 5.10. The van der Waals surface area contributed by atoms with Gasteiger partial charge in [-0.25, -0.2) is 0 Å². The number of carbonyl (C=O) groups excluding carboxylic acids is 1. The molecule has 1 amide bonds. The normalized spacial score (nSPS) is 23.2. The van der Waals surface area contributed by atoms with E-state index in [-0.39, 0.29) is 24.5 Å². The van der Waals surface area contributed by atoms with Gasteiger partial charge in [0.25, 0.3) is 0 Å². The Bertz CT molecular complexity index is 749. The second kappa shape index (κ2) is 8.18. The van der Waals surface area contributed by atoms with Crippen LogP contribution in [0.25, 0.3) is 0 Å². The largest absolute Gasteiger partial charge is 0.395 e. The smallest absolute Gasteiger partial charge is 0.221 e. The summed E-state index contributed by atoms with van der Waals surface area (Å²) < 4.78 is 0. The molecule has 0 aliphatic carbocycles. The highest BCUT2D eigenvalue weighted by Gasteiger charge is 2.40. The fourth-order valence-corrected chi connectivity index (χ4v) is 3.66. The summed E-state index contributed by atoms with van der Waals surface area (Å²) in [5.74, 6) is -0.172. The summed E-state index contributed by atoms with van der Waals surface area (Å²) in [6.45, 7) is 2.64. The molecule has 0 unspecified atom stereocenters. The lowest BCUT2D eigenvalue weighted by molar-refractivity contribution is -0.114. The van der Waals surface area contributed by atoms with Gasteiger partial charge in [0.1, 0.15) is 0 Å². The zero-order valence-electron chi connectivity index (χ0n) is 14.6. The standard InChI is InChI=1S/C20H23ClN2O3/c1-13(25)22-17-8-2-14(3-9-17)10-23-11-18(20(26)19(23)12-24)15-4-6-16(21)7-5-15/h2-9,18-20,24,26H,10-12H2,1H3,(H,22,25)/t18-,19-,20-/m1/s1. The predicted molar refractivity (Wildman–Crippen MR) is 102 cm³/mol. The summed E-state index contributed by atoms with van der Waals surface area (Å²) in [7, 11) is 0. The quantitative estimate of drug-likeness (QED) is 0.752. The maximum Gasteiger partial charge on any atom is 0.221 e. The summed E-state index contributed by atoms with van der Waals surface area (Å²) in [6, 6.07) is 14.8. The van der Waals surface area contributed by atoms with Gasteiger partial charge in [0.2, 0.25) is 5.91 Å². The molecule has 26 heavy (non-hydrogen) atoms. The number of nitrogens with one attached hydrogen (secondary N) is 1. The lowest BCUT2D eigenvalue weighted by Crippen LogP contribution is -2.38. The fraction of sp³-hybridized carbons (Fsp3) is 0.350. The minimum atomic E-state index is -0.639. The number of rotatable bonds is 5. The molecule has 1 heterocycles. The van der Waals surface area contributed by atoms with E-state index in [0.29, 0.717) is 18.1 Å². The van der Waals surface area contributed by atoms with Crippen LogP contribution in [-0.4, -0.2) is 46.3 Å². The van der Waals surface area contributed by atoms with Crippen molar-refractivity contribution in [3.63, 3.8) is 0 Å². The lowest BCUT2D eigenvalue weighted by atomic mass is 9.94. The number of likely N-dealkylation sites (tertiary alicyclic amines) is 1. The second-order valence-corrected chi connectivity index (χ2v) is 7.14. The molecular formula is C20H23ClN2O3. The molecule has 2 aromatic carbocycles. The maximum atomic E-state index is 11.1. The molecule has 1 aliphatic rings. The van der Waals surface area contributed by atoms with Crippen LogP contribution in [0.1, 0.15) is 24.0 Å². The molecule has 6 heteroatoms. The molecule has 1 aliphatic heterocycles. The second-order valence-electron chi connectivity index (χ2n) is 6.71. The van der Waals surface area contributed by atoms with Gasteiger partial charge in [0, 0.05) is 36.6 Å². The van der Waals surface area contributed by atoms with Crippen molar-refractivity contribution < 1.29 is 15.0 Å². The number of hydrogen-bond donors (Lipinski definition) is 3. The van der Waals surface area contributed by atoms with Crippen LogP contribution in [0.15, 0.2) is 48.5 Å². The fourth-order valence-electron chi connectivity index (χ4n) is 3.53. The summed E-state index contributed by atoms with van der Waals surface area (Å²) in [5.41, 5.74) is 2.82. The first kappa shape index (κ1) is 18.9. The van der Waals surface area contributed by atoms with Crippen molar-refractivity contribution in [3.05, 3.63) is 64.7 Å². The van der Waals surface area contributed by atoms with E-state index in [9.17, 15) is 15.0 Å². The first-order valence-electron chi connectivity index (χ1n) is 8.63. The van der Waals surface area contributed by atoms with E-state index in [0.717, 1.165) is 16.8 Å². The molecule has 1 fully saturated rings. The van der Waals surface area contributed by atoms with E-state index in [2.05, 4.69) is 10.2 Å². The minimum Gasteiger partial charge on any atom is -0.395 e. The van der Waals surface area contributed by atoms with Gasteiger partial charge >= 0.3 is 0 Å². The van der Waals surface area contributed by atoms with Gasteiger partial charge in [-0.1, -0.05) is 35.9 Å².